The van der Waals surface area contributed by atoms with E-state index in [1.165, 1.54) is 0 Å². The molecule has 0 radical (unpaired) electrons. The van der Waals surface area contributed by atoms with Gasteiger partial charge in [-0.2, -0.15) is 5.10 Å². The van der Waals surface area contributed by atoms with Crippen LogP contribution in [0.4, 0.5) is 5.69 Å². The fourth-order valence-corrected chi connectivity index (χ4v) is 5.08. The Morgan fingerprint density at radius 3 is 2.63 bits per heavy atom. The summed E-state index contributed by atoms with van der Waals surface area (Å²) in [5.41, 5.74) is 2.59. The van der Waals surface area contributed by atoms with Crippen LogP contribution in [0.15, 0.2) is 72.1 Å². The van der Waals surface area contributed by atoms with Crippen molar-refractivity contribution in [3.05, 3.63) is 88.9 Å². The number of hydrogen-bond acceptors (Lipinski definition) is 5. The van der Waals surface area contributed by atoms with Crippen LogP contribution >= 0.6 is 11.3 Å². The molecule has 2 aromatic heterocycles. The van der Waals surface area contributed by atoms with Crippen LogP contribution in [-0.4, -0.2) is 34.2 Å². The molecule has 3 heterocycles. The Morgan fingerprint density at radius 2 is 1.91 bits per heavy atom. The third kappa shape index (κ3) is 4.10. The Bertz CT molecular complexity index is 1380. The molecule has 2 amide bonds. The van der Waals surface area contributed by atoms with Gasteiger partial charge in [-0.3, -0.25) is 19.2 Å². The maximum atomic E-state index is 13.9. The molecule has 2 aromatic carbocycles. The second kappa shape index (κ2) is 9.03. The standard InChI is InChI=1S/C27H26N4O3S/c1-18-10-12-19(13-11-18)16-28-26(33)27(2)17-30-22(15-20(29-30)24-9-6-14-35-24)25(32)31(27)21-7-4-5-8-23(21)34-3/h4-15H,16-17H2,1-3H3,(H,28,33). The summed E-state index contributed by atoms with van der Waals surface area (Å²) in [5, 5.41) is 9.70. The van der Waals surface area contributed by atoms with E-state index in [4.69, 9.17) is 4.74 Å². The van der Waals surface area contributed by atoms with Crippen LogP contribution in [0.1, 0.15) is 28.5 Å². The minimum absolute atomic E-state index is 0.206. The Morgan fingerprint density at radius 1 is 1.14 bits per heavy atom. The number of methoxy groups -OCH3 is 1. The first kappa shape index (κ1) is 22.9. The van der Waals surface area contributed by atoms with Gasteiger partial charge in [-0.1, -0.05) is 48.0 Å². The molecule has 1 unspecified atom stereocenters. The molecule has 1 aliphatic rings. The molecule has 0 aliphatic carbocycles. The second-order valence-electron chi connectivity index (χ2n) is 8.80. The van der Waals surface area contributed by atoms with E-state index >= 15 is 0 Å². The van der Waals surface area contributed by atoms with Crippen molar-refractivity contribution < 1.29 is 14.3 Å². The van der Waals surface area contributed by atoms with Crippen LogP contribution in [-0.2, 0) is 17.9 Å². The summed E-state index contributed by atoms with van der Waals surface area (Å²) in [7, 11) is 1.56. The number of hydrogen-bond donors (Lipinski definition) is 1. The molecule has 1 atom stereocenters. The summed E-state index contributed by atoms with van der Waals surface area (Å²) in [6.07, 6.45) is 0. The molecule has 35 heavy (non-hydrogen) atoms. The van der Waals surface area contributed by atoms with E-state index in [2.05, 4.69) is 10.4 Å². The summed E-state index contributed by atoms with van der Waals surface area (Å²) >= 11 is 1.56. The molecular formula is C27H26N4O3S. The minimum Gasteiger partial charge on any atom is -0.495 e. The average Bonchev–Trinajstić information content (AvgIpc) is 3.54. The number of nitrogens with one attached hydrogen (secondary N) is 1. The predicted octanol–water partition coefficient (Wildman–Crippen LogP) is 4.66. The van der Waals surface area contributed by atoms with Crippen LogP contribution in [0.3, 0.4) is 0 Å². The van der Waals surface area contributed by atoms with Crippen LogP contribution < -0.4 is 15.0 Å². The van der Waals surface area contributed by atoms with Crippen molar-refractivity contribution >= 4 is 28.8 Å². The number of carbonyl (C=O) groups excluding carboxylic acids is 2. The third-order valence-corrected chi connectivity index (χ3v) is 7.21. The Labute approximate surface area is 208 Å². The monoisotopic (exact) mass is 486 g/mol. The number of benzene rings is 2. The summed E-state index contributed by atoms with van der Waals surface area (Å²) in [6.45, 7) is 4.36. The van der Waals surface area contributed by atoms with Gasteiger partial charge in [0.25, 0.3) is 5.91 Å². The summed E-state index contributed by atoms with van der Waals surface area (Å²) in [4.78, 5) is 30.2. The lowest BCUT2D eigenvalue weighted by Gasteiger charge is -2.43. The van der Waals surface area contributed by atoms with Crippen molar-refractivity contribution in [3.8, 4) is 16.3 Å². The first-order valence-corrected chi connectivity index (χ1v) is 12.2. The zero-order valence-corrected chi connectivity index (χ0v) is 20.6. The Hall–Kier alpha value is -3.91. The maximum absolute atomic E-state index is 13.9. The number of ether oxygens (including phenoxy) is 1. The van der Waals surface area contributed by atoms with E-state index in [0.717, 1.165) is 16.0 Å². The van der Waals surface area contributed by atoms with Gasteiger partial charge in [0.2, 0.25) is 5.91 Å². The molecule has 0 spiro atoms. The fraction of sp³-hybridized carbons (Fsp3) is 0.222. The van der Waals surface area contributed by atoms with E-state index in [0.29, 0.717) is 29.4 Å². The van der Waals surface area contributed by atoms with E-state index in [1.807, 2.05) is 60.8 Å². The summed E-state index contributed by atoms with van der Waals surface area (Å²) in [6, 6.07) is 21.0. The molecule has 178 valence electrons. The zero-order valence-electron chi connectivity index (χ0n) is 19.8. The predicted molar refractivity (Wildman–Crippen MR) is 137 cm³/mol. The van der Waals surface area contributed by atoms with Crippen LogP contribution in [0.5, 0.6) is 5.75 Å². The maximum Gasteiger partial charge on any atom is 0.277 e. The molecule has 0 saturated heterocycles. The number of rotatable bonds is 6. The topological polar surface area (TPSA) is 76.5 Å². The molecular weight excluding hydrogens is 460 g/mol. The molecule has 5 rings (SSSR count). The first-order chi connectivity index (χ1) is 16.9. The second-order valence-corrected chi connectivity index (χ2v) is 9.75. The molecule has 7 nitrogen and oxygen atoms in total. The molecule has 0 saturated carbocycles. The Balaban J connectivity index is 1.55. The lowest BCUT2D eigenvalue weighted by Crippen LogP contribution is -2.64. The van der Waals surface area contributed by atoms with Gasteiger partial charge < -0.3 is 10.1 Å². The van der Waals surface area contributed by atoms with Crippen LogP contribution in [0.2, 0.25) is 0 Å². The van der Waals surface area contributed by atoms with Gasteiger partial charge in [-0.15, -0.1) is 11.3 Å². The molecule has 0 fully saturated rings. The lowest BCUT2D eigenvalue weighted by atomic mass is 9.93. The first-order valence-electron chi connectivity index (χ1n) is 11.3. The van der Waals surface area contributed by atoms with Gasteiger partial charge in [-0.25, -0.2) is 0 Å². The number of nitrogens with zero attached hydrogens (tertiary/aromatic N) is 3. The van der Waals surface area contributed by atoms with Gasteiger partial charge in [0.1, 0.15) is 22.7 Å². The van der Waals surface area contributed by atoms with E-state index in [-0.39, 0.29) is 18.4 Å². The zero-order chi connectivity index (χ0) is 24.6. The number of para-hydroxylation sites is 2. The fourth-order valence-electron chi connectivity index (χ4n) is 4.40. The van der Waals surface area contributed by atoms with Crippen LogP contribution in [0, 0.1) is 6.92 Å². The normalized spacial score (nSPS) is 17.2. The van der Waals surface area contributed by atoms with E-state index in [9.17, 15) is 9.59 Å². The highest BCUT2D eigenvalue weighted by atomic mass is 32.1. The van der Waals surface area contributed by atoms with Crippen molar-refractivity contribution in [1.82, 2.24) is 15.1 Å². The van der Waals surface area contributed by atoms with Crippen molar-refractivity contribution in [2.75, 3.05) is 12.0 Å². The number of amides is 2. The van der Waals surface area contributed by atoms with Crippen molar-refractivity contribution in [1.29, 1.82) is 0 Å². The number of carbonyl (C=O) groups is 2. The van der Waals surface area contributed by atoms with Gasteiger partial charge in [0.15, 0.2) is 0 Å². The van der Waals surface area contributed by atoms with Crippen LogP contribution in [0.25, 0.3) is 10.6 Å². The number of fused-ring (bicyclic) bond motifs is 1. The SMILES string of the molecule is COc1ccccc1N1C(=O)c2cc(-c3cccs3)nn2CC1(C)C(=O)NCc1ccc(C)cc1. The number of aryl methyl sites for hydroxylation is 1. The molecule has 4 aromatic rings. The molecule has 8 heteroatoms. The van der Waals surface area contributed by atoms with Crippen molar-refractivity contribution in [2.45, 2.75) is 32.5 Å². The van der Waals surface area contributed by atoms with E-state index < -0.39 is 5.54 Å². The third-order valence-electron chi connectivity index (χ3n) is 6.32. The smallest absolute Gasteiger partial charge is 0.277 e. The Kier molecular flexibility index (Phi) is 5.90. The quantitative estimate of drug-likeness (QED) is 0.430. The summed E-state index contributed by atoms with van der Waals surface area (Å²) < 4.78 is 7.21. The number of thiophene rings is 1. The van der Waals surface area contributed by atoms with Crippen molar-refractivity contribution in [3.63, 3.8) is 0 Å². The largest absolute Gasteiger partial charge is 0.495 e. The molecule has 0 bridgehead atoms. The number of aromatic nitrogens is 2. The van der Waals surface area contributed by atoms with Gasteiger partial charge in [-0.05, 0) is 49.1 Å². The van der Waals surface area contributed by atoms with E-state index in [1.54, 1.807) is 53.2 Å². The highest BCUT2D eigenvalue weighted by Gasteiger charge is 2.49. The lowest BCUT2D eigenvalue weighted by molar-refractivity contribution is -0.126. The average molecular weight is 487 g/mol. The van der Waals surface area contributed by atoms with Gasteiger partial charge in [0, 0.05) is 6.54 Å². The minimum atomic E-state index is -1.23. The summed E-state index contributed by atoms with van der Waals surface area (Å²) in [5.74, 6) is -0.0509. The molecule has 1 aliphatic heterocycles. The highest BCUT2D eigenvalue weighted by Crippen LogP contribution is 2.39. The number of anilines is 1. The van der Waals surface area contributed by atoms with Gasteiger partial charge in [0.05, 0.1) is 24.2 Å². The van der Waals surface area contributed by atoms with Crippen molar-refractivity contribution in [2.24, 2.45) is 0 Å². The van der Waals surface area contributed by atoms with Gasteiger partial charge >= 0.3 is 0 Å². The highest BCUT2D eigenvalue weighted by molar-refractivity contribution is 7.13. The molecule has 1 N–H and O–H groups in total.